The van der Waals surface area contributed by atoms with Crippen molar-refractivity contribution in [2.45, 2.75) is 34.3 Å². The Morgan fingerprint density at radius 3 is 2.62 bits per heavy atom. The average Bonchev–Trinajstić information content (AvgIpc) is 2.62. The van der Waals surface area contributed by atoms with E-state index in [1.165, 1.54) is 0 Å². The predicted molar refractivity (Wildman–Crippen MR) is 103 cm³/mol. The molecule has 0 aromatic heterocycles. The van der Waals surface area contributed by atoms with Gasteiger partial charge in [-0.05, 0) is 56.5 Å². The number of ether oxygens (including phenoxy) is 1. The molecule has 0 spiro atoms. The summed E-state index contributed by atoms with van der Waals surface area (Å²) < 4.78 is 19.3. The number of esters is 1. The second-order valence-corrected chi connectivity index (χ2v) is 6.40. The molecule has 0 amide bonds. The van der Waals surface area contributed by atoms with Gasteiger partial charge < -0.3 is 9.64 Å². The molecule has 4 nitrogen and oxygen atoms in total. The molecule has 0 aliphatic heterocycles. The summed E-state index contributed by atoms with van der Waals surface area (Å²) in [6.07, 6.45) is 1.76. The lowest BCUT2D eigenvalue weighted by molar-refractivity contribution is 0.0468. The van der Waals surface area contributed by atoms with Gasteiger partial charge >= 0.3 is 5.97 Å². The molecule has 2 aromatic rings. The molecule has 0 saturated carbocycles. The number of halogens is 1. The topological polar surface area (TPSA) is 41.9 Å². The standard InChI is InChI=1S/C21H25FN2O2/c1-6-24(5)13-23-19-11-15(3)18(10-16(19)4)21(25)26-12-17-9-7-8-14(2)20(17)22/h7-11,13H,6,12H2,1-5H3. The summed E-state index contributed by atoms with van der Waals surface area (Å²) in [4.78, 5) is 18.8. The minimum Gasteiger partial charge on any atom is -0.457 e. The first-order chi connectivity index (χ1) is 12.3. The van der Waals surface area contributed by atoms with Gasteiger partial charge in [-0.15, -0.1) is 0 Å². The minimum absolute atomic E-state index is 0.0912. The number of nitrogens with zero attached hydrogens (tertiary/aromatic N) is 2. The van der Waals surface area contributed by atoms with Crippen LogP contribution in [0.25, 0.3) is 0 Å². The average molecular weight is 356 g/mol. The Labute approximate surface area is 154 Å². The SMILES string of the molecule is CCN(C)C=Nc1cc(C)c(C(=O)OCc2cccc(C)c2F)cc1C. The van der Waals surface area contributed by atoms with E-state index in [0.29, 0.717) is 16.7 Å². The van der Waals surface area contributed by atoms with Crippen LogP contribution in [0.2, 0.25) is 0 Å². The Morgan fingerprint density at radius 1 is 1.19 bits per heavy atom. The largest absolute Gasteiger partial charge is 0.457 e. The van der Waals surface area contributed by atoms with E-state index < -0.39 is 5.97 Å². The van der Waals surface area contributed by atoms with Gasteiger partial charge in [0.15, 0.2) is 0 Å². The molecule has 0 atom stereocenters. The second kappa shape index (κ2) is 8.61. The first-order valence-corrected chi connectivity index (χ1v) is 8.60. The summed E-state index contributed by atoms with van der Waals surface area (Å²) in [5.74, 6) is -0.800. The van der Waals surface area contributed by atoms with Crippen LogP contribution in [0.4, 0.5) is 10.1 Å². The maximum atomic E-state index is 14.0. The molecule has 26 heavy (non-hydrogen) atoms. The molecule has 0 saturated heterocycles. The number of carbonyl (C=O) groups excluding carboxylic acids is 1. The van der Waals surface area contributed by atoms with Crippen molar-refractivity contribution in [3.8, 4) is 0 Å². The number of rotatable bonds is 6. The number of benzene rings is 2. The summed E-state index contributed by atoms with van der Waals surface area (Å²) in [6, 6.07) is 8.68. The van der Waals surface area contributed by atoms with Gasteiger partial charge in [0.2, 0.25) is 0 Å². The lowest BCUT2D eigenvalue weighted by Crippen LogP contribution is -2.14. The molecular formula is C21H25FN2O2. The van der Waals surface area contributed by atoms with Gasteiger partial charge in [-0.3, -0.25) is 0 Å². The monoisotopic (exact) mass is 356 g/mol. The highest BCUT2D eigenvalue weighted by Gasteiger charge is 2.14. The molecule has 0 heterocycles. The predicted octanol–water partition coefficient (Wildman–Crippen LogP) is 4.72. The number of hydrogen-bond donors (Lipinski definition) is 0. The molecule has 0 unspecified atom stereocenters. The van der Waals surface area contributed by atoms with E-state index in [9.17, 15) is 9.18 Å². The van der Waals surface area contributed by atoms with Crippen LogP contribution in [-0.4, -0.2) is 30.8 Å². The van der Waals surface area contributed by atoms with Gasteiger partial charge in [-0.25, -0.2) is 14.2 Å². The highest BCUT2D eigenvalue weighted by molar-refractivity contribution is 5.92. The highest BCUT2D eigenvalue weighted by Crippen LogP contribution is 2.24. The van der Waals surface area contributed by atoms with Crippen LogP contribution < -0.4 is 0 Å². The molecule has 0 fully saturated rings. The van der Waals surface area contributed by atoms with Crippen molar-refractivity contribution in [1.82, 2.24) is 4.90 Å². The second-order valence-electron chi connectivity index (χ2n) is 6.40. The van der Waals surface area contributed by atoms with Crippen molar-refractivity contribution in [2.24, 2.45) is 4.99 Å². The van der Waals surface area contributed by atoms with Crippen LogP contribution in [0.3, 0.4) is 0 Å². The van der Waals surface area contributed by atoms with Gasteiger partial charge in [-0.2, -0.15) is 0 Å². The Balaban J connectivity index is 2.15. The first-order valence-electron chi connectivity index (χ1n) is 8.60. The fourth-order valence-electron chi connectivity index (χ4n) is 2.44. The van der Waals surface area contributed by atoms with Gasteiger partial charge in [0.05, 0.1) is 17.6 Å². The van der Waals surface area contributed by atoms with Crippen molar-refractivity contribution in [3.63, 3.8) is 0 Å². The van der Waals surface area contributed by atoms with Crippen LogP contribution in [0.5, 0.6) is 0 Å². The fraction of sp³-hybridized carbons (Fsp3) is 0.333. The van der Waals surface area contributed by atoms with Crippen molar-refractivity contribution >= 4 is 18.0 Å². The summed E-state index contributed by atoms with van der Waals surface area (Å²) in [5, 5.41) is 0. The van der Waals surface area contributed by atoms with E-state index in [1.807, 2.05) is 38.8 Å². The summed E-state index contributed by atoms with van der Waals surface area (Å²) in [5.41, 5.74) is 3.84. The van der Waals surface area contributed by atoms with E-state index >= 15 is 0 Å². The third-order valence-corrected chi connectivity index (χ3v) is 4.29. The minimum atomic E-state index is -0.465. The zero-order chi connectivity index (χ0) is 19.3. The Morgan fingerprint density at radius 2 is 1.92 bits per heavy atom. The quantitative estimate of drug-likeness (QED) is 0.427. The number of hydrogen-bond acceptors (Lipinski definition) is 3. The lowest BCUT2D eigenvalue weighted by Gasteiger charge is -2.12. The zero-order valence-corrected chi connectivity index (χ0v) is 16.0. The van der Waals surface area contributed by atoms with Crippen LogP contribution >= 0.6 is 0 Å². The van der Waals surface area contributed by atoms with Gasteiger partial charge in [0, 0.05) is 19.2 Å². The molecule has 0 N–H and O–H groups in total. The van der Waals surface area contributed by atoms with E-state index in [1.54, 1.807) is 37.5 Å². The summed E-state index contributed by atoms with van der Waals surface area (Å²) >= 11 is 0. The summed E-state index contributed by atoms with van der Waals surface area (Å²) in [6.45, 7) is 8.23. The van der Waals surface area contributed by atoms with Crippen LogP contribution in [0.1, 0.15) is 39.5 Å². The highest BCUT2D eigenvalue weighted by atomic mass is 19.1. The summed E-state index contributed by atoms with van der Waals surface area (Å²) in [7, 11) is 1.95. The molecule has 138 valence electrons. The smallest absolute Gasteiger partial charge is 0.338 e. The fourth-order valence-corrected chi connectivity index (χ4v) is 2.44. The zero-order valence-electron chi connectivity index (χ0n) is 16.0. The molecule has 0 bridgehead atoms. The third kappa shape index (κ3) is 4.69. The van der Waals surface area contributed by atoms with Crippen molar-refractivity contribution in [3.05, 3.63) is 64.0 Å². The van der Waals surface area contributed by atoms with Gasteiger partial charge in [-0.1, -0.05) is 18.2 Å². The number of aliphatic imine (C=N–C) groups is 1. The number of carbonyl (C=O) groups is 1. The Kier molecular flexibility index (Phi) is 6.50. The molecule has 0 aliphatic rings. The van der Waals surface area contributed by atoms with Crippen LogP contribution in [0, 0.1) is 26.6 Å². The lowest BCUT2D eigenvalue weighted by atomic mass is 10.0. The van der Waals surface area contributed by atoms with Crippen LogP contribution in [-0.2, 0) is 11.3 Å². The Bertz CT molecular complexity index is 831. The van der Waals surface area contributed by atoms with E-state index in [4.69, 9.17) is 4.74 Å². The van der Waals surface area contributed by atoms with E-state index in [0.717, 1.165) is 23.4 Å². The molecular weight excluding hydrogens is 331 g/mol. The molecule has 2 rings (SSSR count). The van der Waals surface area contributed by atoms with E-state index in [2.05, 4.69) is 4.99 Å². The Hall–Kier alpha value is -2.69. The van der Waals surface area contributed by atoms with Crippen molar-refractivity contribution in [1.29, 1.82) is 0 Å². The maximum absolute atomic E-state index is 14.0. The maximum Gasteiger partial charge on any atom is 0.338 e. The molecule has 2 aromatic carbocycles. The molecule has 5 heteroatoms. The third-order valence-electron chi connectivity index (χ3n) is 4.29. The van der Waals surface area contributed by atoms with Crippen molar-refractivity contribution < 1.29 is 13.9 Å². The molecule has 0 aliphatic carbocycles. The van der Waals surface area contributed by atoms with Crippen LogP contribution in [0.15, 0.2) is 35.3 Å². The normalized spacial score (nSPS) is 11.0. The molecule has 0 radical (unpaired) electrons. The van der Waals surface area contributed by atoms with Gasteiger partial charge in [0.25, 0.3) is 0 Å². The van der Waals surface area contributed by atoms with Crippen molar-refractivity contribution in [2.75, 3.05) is 13.6 Å². The van der Waals surface area contributed by atoms with Gasteiger partial charge in [0.1, 0.15) is 12.4 Å². The van der Waals surface area contributed by atoms with E-state index in [-0.39, 0.29) is 12.4 Å². The number of aryl methyl sites for hydroxylation is 3. The first kappa shape index (κ1) is 19.6.